The lowest BCUT2D eigenvalue weighted by molar-refractivity contribution is 0.0926. The van der Waals surface area contributed by atoms with Crippen LogP contribution in [0.4, 0.5) is 5.69 Å². The SMILES string of the molecule is CC(=NNC(=O)c1ccc(Br)o1)c1cccc(N)c1. The molecule has 0 spiro atoms. The van der Waals surface area contributed by atoms with Crippen LogP contribution in [-0.4, -0.2) is 11.6 Å². The van der Waals surface area contributed by atoms with Crippen molar-refractivity contribution in [2.75, 3.05) is 5.73 Å². The molecule has 1 aromatic heterocycles. The molecule has 1 amide bonds. The van der Waals surface area contributed by atoms with Crippen LogP contribution in [0.15, 0.2) is 50.6 Å². The number of rotatable bonds is 3. The van der Waals surface area contributed by atoms with Gasteiger partial charge in [0.05, 0.1) is 5.71 Å². The number of halogens is 1. The highest BCUT2D eigenvalue weighted by Crippen LogP contribution is 2.13. The Labute approximate surface area is 118 Å². The first-order chi connectivity index (χ1) is 9.06. The Hall–Kier alpha value is -2.08. The molecule has 0 bridgehead atoms. The Bertz CT molecular complexity index is 634. The average molecular weight is 322 g/mol. The van der Waals surface area contributed by atoms with Gasteiger partial charge in [-0.15, -0.1) is 0 Å². The second-order valence-corrected chi connectivity index (χ2v) is 4.65. The minimum absolute atomic E-state index is 0.191. The lowest BCUT2D eigenvalue weighted by Crippen LogP contribution is -2.18. The fourth-order valence-electron chi connectivity index (χ4n) is 1.45. The van der Waals surface area contributed by atoms with Gasteiger partial charge < -0.3 is 10.2 Å². The number of hydrogen-bond donors (Lipinski definition) is 2. The first-order valence-corrected chi connectivity index (χ1v) is 6.31. The zero-order valence-electron chi connectivity index (χ0n) is 10.2. The van der Waals surface area contributed by atoms with Gasteiger partial charge in [-0.1, -0.05) is 12.1 Å². The maximum atomic E-state index is 11.7. The summed E-state index contributed by atoms with van der Waals surface area (Å²) in [5.74, 6) is -0.218. The Morgan fingerprint density at radius 1 is 1.37 bits per heavy atom. The van der Waals surface area contributed by atoms with Crippen molar-refractivity contribution in [3.63, 3.8) is 0 Å². The molecular formula is C13H12BrN3O2. The van der Waals surface area contributed by atoms with Crippen molar-refractivity contribution in [2.45, 2.75) is 6.92 Å². The second kappa shape index (κ2) is 5.71. The van der Waals surface area contributed by atoms with Crippen molar-refractivity contribution < 1.29 is 9.21 Å². The zero-order chi connectivity index (χ0) is 13.8. The zero-order valence-corrected chi connectivity index (χ0v) is 11.8. The summed E-state index contributed by atoms with van der Waals surface area (Å²) in [5, 5.41) is 4.01. The molecule has 0 aliphatic rings. The predicted octanol–water partition coefficient (Wildman–Crippen LogP) is 2.78. The van der Waals surface area contributed by atoms with Gasteiger partial charge in [0.25, 0.3) is 0 Å². The molecule has 0 saturated heterocycles. The van der Waals surface area contributed by atoms with Crippen LogP contribution >= 0.6 is 15.9 Å². The van der Waals surface area contributed by atoms with E-state index in [1.165, 1.54) is 0 Å². The average Bonchev–Trinajstić information content (AvgIpc) is 2.82. The lowest BCUT2D eigenvalue weighted by Gasteiger charge is -2.02. The summed E-state index contributed by atoms with van der Waals surface area (Å²) in [4.78, 5) is 11.7. The normalized spacial score (nSPS) is 11.4. The molecule has 2 rings (SSSR count). The molecule has 1 heterocycles. The third-order valence-corrected chi connectivity index (χ3v) is 2.85. The van der Waals surface area contributed by atoms with Gasteiger partial charge in [-0.2, -0.15) is 5.10 Å². The Kier molecular flexibility index (Phi) is 4.01. The van der Waals surface area contributed by atoms with Crippen molar-refractivity contribution in [3.05, 3.63) is 52.4 Å². The standard InChI is InChI=1S/C13H12BrN3O2/c1-8(9-3-2-4-10(15)7-9)16-17-13(18)11-5-6-12(14)19-11/h2-7H,15H2,1H3,(H,17,18). The summed E-state index contributed by atoms with van der Waals surface area (Å²) in [7, 11) is 0. The number of amides is 1. The number of furan rings is 1. The van der Waals surface area contributed by atoms with Gasteiger partial charge in [0.2, 0.25) is 0 Å². The number of nitrogens with two attached hydrogens (primary N) is 1. The number of carbonyl (C=O) groups excluding carboxylic acids is 1. The van der Waals surface area contributed by atoms with Gasteiger partial charge in [0.1, 0.15) is 0 Å². The van der Waals surface area contributed by atoms with Crippen LogP contribution in [0, 0.1) is 0 Å². The topological polar surface area (TPSA) is 80.6 Å². The molecule has 0 aliphatic heterocycles. The first-order valence-electron chi connectivity index (χ1n) is 5.52. The van der Waals surface area contributed by atoms with Gasteiger partial charge in [-0.3, -0.25) is 4.79 Å². The minimum atomic E-state index is -0.408. The number of nitrogens with zero attached hydrogens (tertiary/aromatic N) is 1. The summed E-state index contributed by atoms with van der Waals surface area (Å²) in [6, 6.07) is 10.5. The van der Waals surface area contributed by atoms with Crippen molar-refractivity contribution in [1.29, 1.82) is 0 Å². The predicted molar refractivity (Wildman–Crippen MR) is 76.9 cm³/mol. The molecule has 2 aromatic rings. The van der Waals surface area contributed by atoms with Crippen molar-refractivity contribution in [3.8, 4) is 0 Å². The van der Waals surface area contributed by atoms with E-state index in [1.807, 2.05) is 12.1 Å². The second-order valence-electron chi connectivity index (χ2n) is 3.87. The summed E-state index contributed by atoms with van der Waals surface area (Å²) < 4.78 is 5.61. The molecule has 0 saturated carbocycles. The summed E-state index contributed by atoms with van der Waals surface area (Å²) in [6.45, 7) is 1.78. The number of nitrogens with one attached hydrogen (secondary N) is 1. The number of benzene rings is 1. The minimum Gasteiger partial charge on any atom is -0.444 e. The van der Waals surface area contributed by atoms with E-state index in [4.69, 9.17) is 10.2 Å². The van der Waals surface area contributed by atoms with Crippen LogP contribution < -0.4 is 11.2 Å². The lowest BCUT2D eigenvalue weighted by atomic mass is 10.1. The first kappa shape index (κ1) is 13.4. The fraction of sp³-hybridized carbons (Fsp3) is 0.0769. The molecule has 5 nitrogen and oxygen atoms in total. The van der Waals surface area contributed by atoms with Gasteiger partial charge >= 0.3 is 5.91 Å². The molecule has 98 valence electrons. The number of hydrogen-bond acceptors (Lipinski definition) is 4. The number of anilines is 1. The highest BCUT2D eigenvalue weighted by molar-refractivity contribution is 9.10. The van der Waals surface area contributed by atoms with Gasteiger partial charge in [0.15, 0.2) is 10.4 Å². The smallest absolute Gasteiger partial charge is 0.307 e. The van der Waals surface area contributed by atoms with E-state index in [1.54, 1.807) is 31.2 Å². The Morgan fingerprint density at radius 3 is 2.79 bits per heavy atom. The fourth-order valence-corrected chi connectivity index (χ4v) is 1.76. The van der Waals surface area contributed by atoms with Crippen molar-refractivity contribution in [1.82, 2.24) is 5.43 Å². The molecule has 1 aromatic carbocycles. The van der Waals surface area contributed by atoms with Crippen LogP contribution in [0.25, 0.3) is 0 Å². The maximum Gasteiger partial charge on any atom is 0.307 e. The highest BCUT2D eigenvalue weighted by Gasteiger charge is 2.09. The molecule has 0 unspecified atom stereocenters. The number of hydrazone groups is 1. The largest absolute Gasteiger partial charge is 0.444 e. The Balaban J connectivity index is 2.08. The molecule has 0 fully saturated rings. The van der Waals surface area contributed by atoms with E-state index >= 15 is 0 Å². The number of nitrogen functional groups attached to an aromatic ring is 1. The van der Waals surface area contributed by atoms with Crippen LogP contribution in [-0.2, 0) is 0 Å². The molecule has 0 atom stereocenters. The molecule has 0 radical (unpaired) electrons. The van der Waals surface area contributed by atoms with Crippen LogP contribution in [0.5, 0.6) is 0 Å². The van der Waals surface area contributed by atoms with Crippen LogP contribution in [0.3, 0.4) is 0 Å². The Morgan fingerprint density at radius 2 is 2.16 bits per heavy atom. The van der Waals surface area contributed by atoms with Gasteiger partial charge in [0, 0.05) is 5.69 Å². The third kappa shape index (κ3) is 3.45. The summed E-state index contributed by atoms with van der Waals surface area (Å²) in [5.41, 5.74) is 10.3. The van der Waals surface area contributed by atoms with E-state index in [9.17, 15) is 4.79 Å². The third-order valence-electron chi connectivity index (χ3n) is 2.43. The molecular weight excluding hydrogens is 310 g/mol. The van der Waals surface area contributed by atoms with Crippen molar-refractivity contribution in [2.24, 2.45) is 5.10 Å². The molecule has 6 heteroatoms. The van der Waals surface area contributed by atoms with E-state index in [0.717, 1.165) is 5.56 Å². The van der Waals surface area contributed by atoms with E-state index in [0.29, 0.717) is 16.1 Å². The number of carbonyl (C=O) groups is 1. The monoisotopic (exact) mass is 321 g/mol. The van der Waals surface area contributed by atoms with Crippen molar-refractivity contribution >= 4 is 33.2 Å². The quantitative estimate of drug-likeness (QED) is 0.518. The van der Waals surface area contributed by atoms with Gasteiger partial charge in [-0.25, -0.2) is 5.43 Å². The van der Waals surface area contributed by atoms with Crippen LogP contribution in [0.2, 0.25) is 0 Å². The van der Waals surface area contributed by atoms with E-state index in [-0.39, 0.29) is 5.76 Å². The summed E-state index contributed by atoms with van der Waals surface area (Å²) in [6.07, 6.45) is 0. The van der Waals surface area contributed by atoms with Crippen LogP contribution in [0.1, 0.15) is 23.0 Å². The molecule has 0 aliphatic carbocycles. The molecule has 19 heavy (non-hydrogen) atoms. The molecule has 3 N–H and O–H groups in total. The maximum absolute atomic E-state index is 11.7. The van der Waals surface area contributed by atoms with Gasteiger partial charge in [-0.05, 0) is 52.7 Å². The summed E-state index contributed by atoms with van der Waals surface area (Å²) >= 11 is 3.13. The highest BCUT2D eigenvalue weighted by atomic mass is 79.9. The van der Waals surface area contributed by atoms with E-state index < -0.39 is 5.91 Å². The van der Waals surface area contributed by atoms with E-state index in [2.05, 4.69) is 26.5 Å².